The molecule has 0 radical (unpaired) electrons. The topological polar surface area (TPSA) is 67.4 Å². The average molecular weight is 320 g/mol. The SMILES string of the molecule is COc1ccc(C(=O)NCC(=O)Nc2ccc(F)c(F)c2)cc1. The Labute approximate surface area is 131 Å². The summed E-state index contributed by atoms with van der Waals surface area (Å²) in [6.45, 7) is -0.302. The van der Waals surface area contributed by atoms with Gasteiger partial charge in [-0.25, -0.2) is 8.78 Å². The Kier molecular flexibility index (Phi) is 5.24. The van der Waals surface area contributed by atoms with Gasteiger partial charge in [0.25, 0.3) is 5.91 Å². The predicted molar refractivity (Wildman–Crippen MR) is 80.3 cm³/mol. The maximum Gasteiger partial charge on any atom is 0.251 e. The molecule has 0 saturated heterocycles. The summed E-state index contributed by atoms with van der Waals surface area (Å²) in [5.41, 5.74) is 0.471. The van der Waals surface area contributed by atoms with Crippen LogP contribution in [0.1, 0.15) is 10.4 Å². The minimum Gasteiger partial charge on any atom is -0.497 e. The van der Waals surface area contributed by atoms with Crippen molar-refractivity contribution in [1.29, 1.82) is 0 Å². The fourth-order valence-corrected chi connectivity index (χ4v) is 1.78. The van der Waals surface area contributed by atoms with Crippen LogP contribution in [0.25, 0.3) is 0 Å². The van der Waals surface area contributed by atoms with E-state index >= 15 is 0 Å². The van der Waals surface area contributed by atoms with Crippen molar-refractivity contribution in [1.82, 2.24) is 5.32 Å². The average Bonchev–Trinajstić information content (AvgIpc) is 2.56. The van der Waals surface area contributed by atoms with Crippen molar-refractivity contribution in [2.75, 3.05) is 19.0 Å². The maximum absolute atomic E-state index is 13.0. The first-order valence-electron chi connectivity index (χ1n) is 6.67. The number of hydrogen-bond acceptors (Lipinski definition) is 3. The zero-order chi connectivity index (χ0) is 16.8. The van der Waals surface area contributed by atoms with Crippen LogP contribution in [0, 0.1) is 11.6 Å². The maximum atomic E-state index is 13.0. The van der Waals surface area contributed by atoms with Crippen LogP contribution in [-0.4, -0.2) is 25.5 Å². The van der Waals surface area contributed by atoms with Gasteiger partial charge in [0.2, 0.25) is 5.91 Å². The van der Waals surface area contributed by atoms with Gasteiger partial charge in [-0.1, -0.05) is 0 Å². The van der Waals surface area contributed by atoms with Gasteiger partial charge in [-0.15, -0.1) is 0 Å². The van der Waals surface area contributed by atoms with Gasteiger partial charge >= 0.3 is 0 Å². The zero-order valence-electron chi connectivity index (χ0n) is 12.2. The summed E-state index contributed by atoms with van der Waals surface area (Å²) in [4.78, 5) is 23.5. The van der Waals surface area contributed by atoms with Crippen molar-refractivity contribution < 1.29 is 23.1 Å². The van der Waals surface area contributed by atoms with Crippen LogP contribution in [0.4, 0.5) is 14.5 Å². The van der Waals surface area contributed by atoms with Crippen LogP contribution in [0.2, 0.25) is 0 Å². The van der Waals surface area contributed by atoms with Crippen molar-refractivity contribution in [3.05, 3.63) is 59.7 Å². The number of nitrogens with one attached hydrogen (secondary N) is 2. The van der Waals surface area contributed by atoms with Crippen molar-refractivity contribution in [2.24, 2.45) is 0 Å². The van der Waals surface area contributed by atoms with Gasteiger partial charge in [0.1, 0.15) is 5.75 Å². The van der Waals surface area contributed by atoms with Gasteiger partial charge in [0, 0.05) is 17.3 Å². The van der Waals surface area contributed by atoms with Crippen molar-refractivity contribution in [2.45, 2.75) is 0 Å². The van der Waals surface area contributed by atoms with E-state index in [1.807, 2.05) is 0 Å². The van der Waals surface area contributed by atoms with Gasteiger partial charge in [-0.2, -0.15) is 0 Å². The third kappa shape index (κ3) is 4.50. The molecule has 0 spiro atoms. The lowest BCUT2D eigenvalue weighted by Crippen LogP contribution is -2.32. The largest absolute Gasteiger partial charge is 0.497 e. The number of carbonyl (C=O) groups is 2. The molecule has 0 aliphatic rings. The van der Waals surface area contributed by atoms with Crippen molar-refractivity contribution >= 4 is 17.5 Å². The van der Waals surface area contributed by atoms with E-state index < -0.39 is 23.4 Å². The molecular weight excluding hydrogens is 306 g/mol. The lowest BCUT2D eigenvalue weighted by atomic mass is 10.2. The Hall–Kier alpha value is -2.96. The van der Waals surface area contributed by atoms with Gasteiger partial charge in [0.05, 0.1) is 13.7 Å². The molecule has 5 nitrogen and oxygen atoms in total. The highest BCUT2D eigenvalue weighted by molar-refractivity contribution is 5.99. The van der Waals surface area contributed by atoms with E-state index in [-0.39, 0.29) is 12.2 Å². The Morgan fingerprint density at radius 2 is 1.74 bits per heavy atom. The molecule has 2 rings (SSSR count). The molecule has 0 bridgehead atoms. The van der Waals surface area contributed by atoms with E-state index in [1.165, 1.54) is 13.2 Å². The first-order valence-corrected chi connectivity index (χ1v) is 6.67. The summed E-state index contributed by atoms with van der Waals surface area (Å²) in [6, 6.07) is 9.34. The van der Waals surface area contributed by atoms with E-state index in [0.29, 0.717) is 11.3 Å². The lowest BCUT2D eigenvalue weighted by molar-refractivity contribution is -0.115. The molecule has 0 aliphatic heterocycles. The molecular formula is C16H14F2N2O3. The number of methoxy groups -OCH3 is 1. The summed E-state index contributed by atoms with van der Waals surface area (Å²) in [6.07, 6.45) is 0. The number of amides is 2. The molecule has 0 aliphatic carbocycles. The zero-order valence-corrected chi connectivity index (χ0v) is 12.2. The molecule has 0 saturated carbocycles. The lowest BCUT2D eigenvalue weighted by Gasteiger charge is -2.08. The third-order valence-corrected chi connectivity index (χ3v) is 2.97. The number of benzene rings is 2. The first-order chi connectivity index (χ1) is 11.0. The minimum atomic E-state index is -1.06. The number of hydrogen-bond donors (Lipinski definition) is 2. The van der Waals surface area contributed by atoms with Gasteiger partial charge in [0.15, 0.2) is 11.6 Å². The number of carbonyl (C=O) groups excluding carboxylic acids is 2. The van der Waals surface area contributed by atoms with E-state index in [1.54, 1.807) is 24.3 Å². The summed E-state index contributed by atoms with van der Waals surface area (Å²) < 4.78 is 30.8. The normalized spacial score (nSPS) is 10.0. The highest BCUT2D eigenvalue weighted by Gasteiger charge is 2.09. The fraction of sp³-hybridized carbons (Fsp3) is 0.125. The molecule has 0 atom stereocenters. The van der Waals surface area contributed by atoms with Crippen LogP contribution in [-0.2, 0) is 4.79 Å². The third-order valence-electron chi connectivity index (χ3n) is 2.97. The molecule has 2 aromatic carbocycles. The van der Waals surface area contributed by atoms with Crippen LogP contribution < -0.4 is 15.4 Å². The molecule has 0 unspecified atom stereocenters. The standard InChI is InChI=1S/C16H14F2N2O3/c1-23-12-5-2-10(3-6-12)16(22)19-9-15(21)20-11-4-7-13(17)14(18)8-11/h2-8H,9H2,1H3,(H,19,22)(H,20,21). The Bertz CT molecular complexity index is 718. The molecule has 120 valence electrons. The Balaban J connectivity index is 1.87. The molecule has 0 aromatic heterocycles. The van der Waals surface area contributed by atoms with E-state index in [0.717, 1.165) is 12.1 Å². The second-order valence-electron chi connectivity index (χ2n) is 4.59. The number of halogens is 2. The number of ether oxygens (including phenoxy) is 1. The van der Waals surface area contributed by atoms with Crippen LogP contribution >= 0.6 is 0 Å². The van der Waals surface area contributed by atoms with Gasteiger partial charge in [-0.3, -0.25) is 9.59 Å². The molecule has 2 amide bonds. The molecule has 0 fully saturated rings. The fourth-order valence-electron chi connectivity index (χ4n) is 1.78. The molecule has 7 heteroatoms. The second kappa shape index (κ2) is 7.35. The number of anilines is 1. The summed E-state index contributed by atoms with van der Waals surface area (Å²) in [7, 11) is 1.51. The Morgan fingerprint density at radius 3 is 2.35 bits per heavy atom. The van der Waals surface area contributed by atoms with Crippen molar-refractivity contribution in [3.8, 4) is 5.75 Å². The van der Waals surface area contributed by atoms with E-state index in [2.05, 4.69) is 10.6 Å². The highest BCUT2D eigenvalue weighted by Crippen LogP contribution is 2.13. The van der Waals surface area contributed by atoms with E-state index in [4.69, 9.17) is 4.74 Å². The quantitative estimate of drug-likeness (QED) is 0.888. The predicted octanol–water partition coefficient (Wildman–Crippen LogP) is 2.34. The van der Waals surface area contributed by atoms with Crippen LogP contribution in [0.15, 0.2) is 42.5 Å². The van der Waals surface area contributed by atoms with Crippen LogP contribution in [0.5, 0.6) is 5.75 Å². The summed E-state index contributed by atoms with van der Waals surface area (Å²) in [5.74, 6) is -2.45. The van der Waals surface area contributed by atoms with Gasteiger partial charge in [-0.05, 0) is 36.4 Å². The highest BCUT2D eigenvalue weighted by atomic mass is 19.2. The number of rotatable bonds is 5. The molecule has 2 aromatic rings. The monoisotopic (exact) mass is 320 g/mol. The molecule has 23 heavy (non-hydrogen) atoms. The van der Waals surface area contributed by atoms with Gasteiger partial charge < -0.3 is 15.4 Å². The second-order valence-corrected chi connectivity index (χ2v) is 4.59. The summed E-state index contributed by atoms with van der Waals surface area (Å²) in [5, 5.41) is 4.78. The minimum absolute atomic E-state index is 0.104. The molecule has 2 N–H and O–H groups in total. The first kappa shape index (κ1) is 16.4. The smallest absolute Gasteiger partial charge is 0.251 e. The van der Waals surface area contributed by atoms with Crippen molar-refractivity contribution in [3.63, 3.8) is 0 Å². The Morgan fingerprint density at radius 1 is 1.04 bits per heavy atom. The van der Waals surface area contributed by atoms with Crippen LogP contribution in [0.3, 0.4) is 0 Å². The summed E-state index contributed by atoms with van der Waals surface area (Å²) >= 11 is 0. The molecule has 0 heterocycles. The van der Waals surface area contributed by atoms with E-state index in [9.17, 15) is 18.4 Å².